The molecule has 1 amide bonds. The summed E-state index contributed by atoms with van der Waals surface area (Å²) in [7, 11) is 0. The molecule has 1 aromatic heterocycles. The van der Waals surface area contributed by atoms with Gasteiger partial charge >= 0.3 is 0 Å². The minimum absolute atomic E-state index is 0.308. The number of alkyl halides is 2. The predicted octanol–water partition coefficient (Wildman–Crippen LogP) is 3.83. The highest BCUT2D eigenvalue weighted by molar-refractivity contribution is 7.99. The van der Waals surface area contributed by atoms with Crippen molar-refractivity contribution in [3.63, 3.8) is 0 Å². The van der Waals surface area contributed by atoms with Crippen molar-refractivity contribution >= 4 is 23.4 Å². The van der Waals surface area contributed by atoms with Gasteiger partial charge in [0.1, 0.15) is 12.7 Å². The van der Waals surface area contributed by atoms with E-state index in [0.29, 0.717) is 27.9 Å². The summed E-state index contributed by atoms with van der Waals surface area (Å²) >= 11 is 0.445. The zero-order valence-electron chi connectivity index (χ0n) is 12.3. The number of carbonyl (C=O) groups is 1. The molecule has 0 atom stereocenters. The van der Waals surface area contributed by atoms with Crippen LogP contribution in [0, 0.1) is 0 Å². The van der Waals surface area contributed by atoms with Gasteiger partial charge in [-0.25, -0.2) is 9.67 Å². The molecule has 0 saturated heterocycles. The second-order valence-corrected chi connectivity index (χ2v) is 5.81. The number of thioether (sulfide) groups is 1. The number of nitrogens with one attached hydrogen (secondary N) is 1. The van der Waals surface area contributed by atoms with Gasteiger partial charge in [0.15, 0.2) is 0 Å². The second kappa shape index (κ2) is 7.22. The molecule has 0 fully saturated rings. The van der Waals surface area contributed by atoms with Crippen LogP contribution in [0.5, 0.6) is 0 Å². The first kappa shape index (κ1) is 16.1. The van der Waals surface area contributed by atoms with Gasteiger partial charge < -0.3 is 5.32 Å². The van der Waals surface area contributed by atoms with Gasteiger partial charge in [-0.3, -0.25) is 4.79 Å². The van der Waals surface area contributed by atoms with Crippen LogP contribution in [-0.4, -0.2) is 26.4 Å². The third-order valence-electron chi connectivity index (χ3n) is 3.15. The molecule has 0 radical (unpaired) electrons. The molecule has 3 rings (SSSR count). The SMILES string of the molecule is O=C(Nc1ccc(-n2cncn2)cc1)c1ccc(SC(F)F)cc1. The highest BCUT2D eigenvalue weighted by atomic mass is 32.2. The van der Waals surface area contributed by atoms with Gasteiger partial charge in [-0.2, -0.15) is 13.9 Å². The van der Waals surface area contributed by atoms with Gasteiger partial charge in [0.25, 0.3) is 11.7 Å². The highest BCUT2D eigenvalue weighted by Gasteiger charge is 2.09. The summed E-state index contributed by atoms with van der Waals surface area (Å²) in [6, 6.07) is 13.1. The normalized spacial score (nSPS) is 10.8. The summed E-state index contributed by atoms with van der Waals surface area (Å²) in [6.45, 7) is 0. The first-order valence-electron chi connectivity index (χ1n) is 6.93. The zero-order valence-corrected chi connectivity index (χ0v) is 13.1. The second-order valence-electron chi connectivity index (χ2n) is 4.74. The molecule has 0 aliphatic carbocycles. The molecule has 3 aromatic rings. The van der Waals surface area contributed by atoms with E-state index in [0.717, 1.165) is 5.69 Å². The highest BCUT2D eigenvalue weighted by Crippen LogP contribution is 2.25. The van der Waals surface area contributed by atoms with Gasteiger partial charge in [0.05, 0.1) is 5.69 Å². The maximum Gasteiger partial charge on any atom is 0.288 e. The minimum Gasteiger partial charge on any atom is -0.322 e. The molecule has 5 nitrogen and oxygen atoms in total. The lowest BCUT2D eigenvalue weighted by Gasteiger charge is -2.07. The summed E-state index contributed by atoms with van der Waals surface area (Å²) in [5, 5.41) is 6.77. The van der Waals surface area contributed by atoms with Crippen molar-refractivity contribution < 1.29 is 13.6 Å². The van der Waals surface area contributed by atoms with Crippen LogP contribution in [0.2, 0.25) is 0 Å². The van der Waals surface area contributed by atoms with E-state index in [1.807, 2.05) is 0 Å². The number of amides is 1. The molecule has 0 aliphatic heterocycles. The summed E-state index contributed by atoms with van der Waals surface area (Å²) in [5.41, 5.74) is 1.84. The topological polar surface area (TPSA) is 59.8 Å². The van der Waals surface area contributed by atoms with Crippen molar-refractivity contribution in [2.24, 2.45) is 0 Å². The smallest absolute Gasteiger partial charge is 0.288 e. The Kier molecular flexibility index (Phi) is 4.85. The molecule has 0 saturated carbocycles. The van der Waals surface area contributed by atoms with Crippen molar-refractivity contribution in [2.45, 2.75) is 10.7 Å². The van der Waals surface area contributed by atoms with Crippen molar-refractivity contribution in [2.75, 3.05) is 5.32 Å². The van der Waals surface area contributed by atoms with Crippen molar-refractivity contribution in [3.8, 4) is 5.69 Å². The Labute approximate surface area is 140 Å². The Hall–Kier alpha value is -2.74. The fourth-order valence-corrected chi connectivity index (χ4v) is 2.53. The quantitative estimate of drug-likeness (QED) is 0.713. The summed E-state index contributed by atoms with van der Waals surface area (Å²) in [5.74, 6) is -2.79. The fourth-order valence-electron chi connectivity index (χ4n) is 2.03. The third kappa shape index (κ3) is 3.96. The Morgan fingerprint density at radius 1 is 1.08 bits per heavy atom. The molecule has 1 N–H and O–H groups in total. The molecular formula is C16H12F2N4OS. The van der Waals surface area contributed by atoms with E-state index in [2.05, 4.69) is 15.4 Å². The third-order valence-corrected chi connectivity index (χ3v) is 3.87. The largest absolute Gasteiger partial charge is 0.322 e. The van der Waals surface area contributed by atoms with Gasteiger partial charge in [-0.15, -0.1) is 0 Å². The first-order chi connectivity index (χ1) is 11.6. The molecule has 1 heterocycles. The average Bonchev–Trinajstić information content (AvgIpc) is 3.10. The molecule has 0 bridgehead atoms. The molecule has 2 aromatic carbocycles. The van der Waals surface area contributed by atoms with E-state index < -0.39 is 5.76 Å². The van der Waals surface area contributed by atoms with E-state index in [1.54, 1.807) is 35.3 Å². The van der Waals surface area contributed by atoms with Crippen LogP contribution < -0.4 is 5.32 Å². The number of anilines is 1. The number of rotatable bonds is 5. The predicted molar refractivity (Wildman–Crippen MR) is 87.6 cm³/mol. The number of hydrogen-bond donors (Lipinski definition) is 1. The molecule has 122 valence electrons. The Balaban J connectivity index is 1.66. The number of carbonyl (C=O) groups excluding carboxylic acids is 1. The van der Waals surface area contributed by atoms with E-state index in [1.165, 1.54) is 30.6 Å². The summed E-state index contributed by atoms with van der Waals surface area (Å²) in [4.78, 5) is 16.5. The van der Waals surface area contributed by atoms with Crippen LogP contribution >= 0.6 is 11.8 Å². The zero-order chi connectivity index (χ0) is 16.9. The Morgan fingerprint density at radius 3 is 2.38 bits per heavy atom. The minimum atomic E-state index is -2.48. The number of benzene rings is 2. The molecule has 8 heteroatoms. The molecule has 0 aliphatic rings. The van der Waals surface area contributed by atoms with Gasteiger partial charge in [-0.1, -0.05) is 11.8 Å². The van der Waals surface area contributed by atoms with Gasteiger partial charge in [0, 0.05) is 16.1 Å². The van der Waals surface area contributed by atoms with E-state index in [9.17, 15) is 13.6 Å². The maximum absolute atomic E-state index is 12.3. The number of nitrogens with zero attached hydrogens (tertiary/aromatic N) is 3. The van der Waals surface area contributed by atoms with Crippen LogP contribution in [0.1, 0.15) is 10.4 Å². The lowest BCUT2D eigenvalue weighted by molar-refractivity contribution is 0.102. The van der Waals surface area contributed by atoms with Crippen molar-refractivity contribution in [1.82, 2.24) is 14.8 Å². The first-order valence-corrected chi connectivity index (χ1v) is 7.81. The van der Waals surface area contributed by atoms with Crippen LogP contribution in [-0.2, 0) is 0 Å². The molecular weight excluding hydrogens is 334 g/mol. The number of halogens is 2. The monoisotopic (exact) mass is 346 g/mol. The lowest BCUT2D eigenvalue weighted by Crippen LogP contribution is -2.11. The van der Waals surface area contributed by atoms with E-state index in [-0.39, 0.29) is 5.91 Å². The molecule has 24 heavy (non-hydrogen) atoms. The average molecular weight is 346 g/mol. The molecule has 0 spiro atoms. The van der Waals surface area contributed by atoms with E-state index >= 15 is 0 Å². The van der Waals surface area contributed by atoms with Crippen molar-refractivity contribution in [1.29, 1.82) is 0 Å². The van der Waals surface area contributed by atoms with Crippen LogP contribution in [0.25, 0.3) is 5.69 Å². The van der Waals surface area contributed by atoms with Crippen LogP contribution in [0.3, 0.4) is 0 Å². The summed E-state index contributed by atoms with van der Waals surface area (Å²) < 4.78 is 26.2. The molecule has 0 unspecified atom stereocenters. The van der Waals surface area contributed by atoms with Crippen molar-refractivity contribution in [3.05, 3.63) is 66.7 Å². The van der Waals surface area contributed by atoms with Gasteiger partial charge in [0.2, 0.25) is 0 Å². The Morgan fingerprint density at radius 2 is 1.79 bits per heavy atom. The number of aromatic nitrogens is 3. The number of hydrogen-bond acceptors (Lipinski definition) is 4. The maximum atomic E-state index is 12.3. The van der Waals surface area contributed by atoms with Crippen LogP contribution in [0.15, 0.2) is 66.1 Å². The van der Waals surface area contributed by atoms with E-state index in [4.69, 9.17) is 0 Å². The lowest BCUT2D eigenvalue weighted by atomic mass is 10.2. The summed E-state index contributed by atoms with van der Waals surface area (Å²) in [6.07, 6.45) is 3.01. The fraction of sp³-hybridized carbons (Fsp3) is 0.0625. The Bertz CT molecular complexity index is 805. The van der Waals surface area contributed by atoms with Gasteiger partial charge in [-0.05, 0) is 48.5 Å². The van der Waals surface area contributed by atoms with Crippen LogP contribution in [0.4, 0.5) is 14.5 Å². The standard InChI is InChI=1S/C16H12F2N4OS/c17-16(18)24-14-7-1-11(2-8-14)15(23)21-12-3-5-13(6-4-12)22-10-19-9-20-22/h1-10,16H,(H,21,23).